The number of ether oxygens (including phenoxy) is 1. The molecule has 2 aromatic carbocycles. The number of hydrogen-bond acceptors (Lipinski definition) is 6. The van der Waals surface area contributed by atoms with Crippen molar-refractivity contribution in [2.24, 2.45) is 0 Å². The number of piperidine rings is 1. The minimum absolute atomic E-state index is 0.330. The van der Waals surface area contributed by atoms with Crippen LogP contribution in [0.1, 0.15) is 39.2 Å². The summed E-state index contributed by atoms with van der Waals surface area (Å²) in [4.78, 5) is 20.0. The maximum Gasteiger partial charge on any atom is 0.419 e. The molecule has 0 aliphatic carbocycles. The van der Waals surface area contributed by atoms with E-state index >= 15 is 0 Å². The number of thiazole rings is 1. The zero-order chi connectivity index (χ0) is 23.0. The van der Waals surface area contributed by atoms with Gasteiger partial charge < -0.3 is 10.1 Å². The normalized spacial score (nSPS) is 15.8. The van der Waals surface area contributed by atoms with Gasteiger partial charge in [0.05, 0.1) is 15.7 Å². The topological polar surface area (TPSA) is 59.4 Å². The quantitative estimate of drug-likeness (QED) is 0.396. The summed E-state index contributed by atoms with van der Waals surface area (Å²) < 4.78 is 8.50. The molecule has 4 aromatic rings. The summed E-state index contributed by atoms with van der Waals surface area (Å²) in [5.41, 5.74) is 2.59. The van der Waals surface area contributed by atoms with Crippen molar-refractivity contribution >= 4 is 43.7 Å². The molecular weight excluding hydrogens is 432 g/mol. The average molecular weight is 463 g/mol. The van der Waals surface area contributed by atoms with Crippen molar-refractivity contribution in [2.45, 2.75) is 51.8 Å². The predicted molar refractivity (Wildman–Crippen MR) is 135 cm³/mol. The predicted octanol–water partition coefficient (Wildman–Crippen LogP) is 6.11. The molecule has 1 saturated heterocycles. The summed E-state index contributed by atoms with van der Waals surface area (Å²) in [5.74, 6) is 0. The molecule has 1 aliphatic heterocycles. The minimum atomic E-state index is -0.527. The lowest BCUT2D eigenvalue weighted by Gasteiger charge is -2.32. The Hall–Kier alpha value is -2.90. The van der Waals surface area contributed by atoms with E-state index < -0.39 is 5.60 Å². The van der Waals surface area contributed by atoms with Gasteiger partial charge in [0.2, 0.25) is 0 Å². The van der Waals surface area contributed by atoms with E-state index in [1.54, 1.807) is 15.9 Å². The Morgan fingerprint density at radius 2 is 1.85 bits per heavy atom. The molecule has 5 rings (SSSR count). The number of anilines is 1. The van der Waals surface area contributed by atoms with E-state index in [9.17, 15) is 4.79 Å². The highest BCUT2D eigenvalue weighted by molar-refractivity contribution is 7.22. The Labute approximate surface area is 198 Å². The first-order chi connectivity index (χ1) is 15.9. The number of nitrogens with zero attached hydrogens (tertiary/aromatic N) is 3. The summed E-state index contributed by atoms with van der Waals surface area (Å²) in [5, 5.41) is 5.76. The van der Waals surface area contributed by atoms with Crippen molar-refractivity contribution in [1.82, 2.24) is 14.5 Å². The van der Waals surface area contributed by atoms with Gasteiger partial charge in [-0.25, -0.2) is 9.78 Å². The standard InChI is InChI=1S/C26H30N4O2S/c1-26(2,3)32-25(31)30-17-18(20-8-4-6-10-22(20)30)16-29-14-12-19(13-15-29)27-24-28-21-9-5-7-11-23(21)33-24/h4-11,17,19H,12-16H2,1-3H3,(H,27,28). The Morgan fingerprint density at radius 1 is 1.12 bits per heavy atom. The van der Waals surface area contributed by atoms with Gasteiger partial charge in [0.1, 0.15) is 5.60 Å². The SMILES string of the molecule is CC(C)(C)OC(=O)n1cc(CN2CCC(Nc3nc4ccccc4s3)CC2)c2ccccc21. The van der Waals surface area contributed by atoms with Crippen LogP contribution in [0, 0.1) is 0 Å². The Bertz CT molecular complexity index is 1250. The molecule has 3 heterocycles. The number of benzene rings is 2. The van der Waals surface area contributed by atoms with E-state index in [1.807, 2.05) is 51.2 Å². The van der Waals surface area contributed by atoms with Gasteiger partial charge in [0.25, 0.3) is 0 Å². The van der Waals surface area contributed by atoms with Crippen LogP contribution in [-0.2, 0) is 11.3 Å². The lowest BCUT2D eigenvalue weighted by Crippen LogP contribution is -2.38. The van der Waals surface area contributed by atoms with E-state index in [0.717, 1.165) is 59.6 Å². The lowest BCUT2D eigenvalue weighted by atomic mass is 10.0. The molecule has 1 N–H and O–H groups in total. The Morgan fingerprint density at radius 3 is 2.61 bits per heavy atom. The van der Waals surface area contributed by atoms with E-state index in [-0.39, 0.29) is 6.09 Å². The van der Waals surface area contributed by atoms with Crippen molar-refractivity contribution < 1.29 is 9.53 Å². The molecule has 0 saturated carbocycles. The van der Waals surface area contributed by atoms with Crippen LogP contribution in [0.15, 0.2) is 54.7 Å². The third-order valence-corrected chi connectivity index (χ3v) is 6.96. The fourth-order valence-corrected chi connectivity index (χ4v) is 5.37. The van der Waals surface area contributed by atoms with Crippen LogP contribution in [-0.4, -0.2) is 45.3 Å². The van der Waals surface area contributed by atoms with E-state index in [4.69, 9.17) is 9.72 Å². The molecule has 0 unspecified atom stereocenters. The maximum atomic E-state index is 12.8. The highest BCUT2D eigenvalue weighted by Gasteiger charge is 2.24. The van der Waals surface area contributed by atoms with Crippen LogP contribution < -0.4 is 5.32 Å². The molecule has 33 heavy (non-hydrogen) atoms. The average Bonchev–Trinajstić information content (AvgIpc) is 3.35. The monoisotopic (exact) mass is 462 g/mol. The van der Waals surface area contributed by atoms with Gasteiger partial charge in [-0.05, 0) is 57.4 Å². The van der Waals surface area contributed by atoms with Gasteiger partial charge in [0, 0.05) is 37.3 Å². The molecule has 172 valence electrons. The Balaban J connectivity index is 1.25. The number of rotatable bonds is 4. The van der Waals surface area contributed by atoms with Gasteiger partial charge in [-0.2, -0.15) is 0 Å². The fourth-order valence-electron chi connectivity index (χ4n) is 4.42. The van der Waals surface area contributed by atoms with Crippen LogP contribution in [0.4, 0.5) is 9.93 Å². The second kappa shape index (κ2) is 8.80. The lowest BCUT2D eigenvalue weighted by molar-refractivity contribution is 0.0544. The van der Waals surface area contributed by atoms with Crippen LogP contribution >= 0.6 is 11.3 Å². The fraction of sp³-hybridized carbons (Fsp3) is 0.385. The van der Waals surface area contributed by atoms with Gasteiger partial charge in [-0.3, -0.25) is 9.47 Å². The number of hydrogen-bond donors (Lipinski definition) is 1. The summed E-state index contributed by atoms with van der Waals surface area (Å²) in [7, 11) is 0. The number of nitrogens with one attached hydrogen (secondary N) is 1. The summed E-state index contributed by atoms with van der Waals surface area (Å²) in [6.45, 7) is 8.52. The number of carbonyl (C=O) groups excluding carboxylic acids is 1. The highest BCUT2D eigenvalue weighted by Crippen LogP contribution is 2.29. The van der Waals surface area contributed by atoms with Crippen molar-refractivity contribution in [1.29, 1.82) is 0 Å². The first-order valence-corrected chi connectivity index (χ1v) is 12.3. The van der Waals surface area contributed by atoms with Gasteiger partial charge in [0.15, 0.2) is 5.13 Å². The number of para-hydroxylation sites is 2. The number of fused-ring (bicyclic) bond motifs is 2. The van der Waals surface area contributed by atoms with Crippen molar-refractivity contribution in [2.75, 3.05) is 18.4 Å². The van der Waals surface area contributed by atoms with Crippen LogP contribution in [0.2, 0.25) is 0 Å². The van der Waals surface area contributed by atoms with Crippen LogP contribution in [0.25, 0.3) is 21.1 Å². The number of carbonyl (C=O) groups is 1. The number of aromatic nitrogens is 2. The van der Waals surface area contributed by atoms with Gasteiger partial charge in [-0.1, -0.05) is 41.7 Å². The molecule has 0 atom stereocenters. The highest BCUT2D eigenvalue weighted by atomic mass is 32.1. The van der Waals surface area contributed by atoms with Gasteiger partial charge >= 0.3 is 6.09 Å². The summed E-state index contributed by atoms with van der Waals surface area (Å²) >= 11 is 1.72. The van der Waals surface area contributed by atoms with Crippen molar-refractivity contribution in [3.05, 3.63) is 60.3 Å². The summed E-state index contributed by atoms with van der Waals surface area (Å²) in [6, 6.07) is 16.8. The smallest absolute Gasteiger partial charge is 0.419 e. The zero-order valence-corrected chi connectivity index (χ0v) is 20.2. The third-order valence-electron chi connectivity index (χ3n) is 5.99. The molecule has 0 bridgehead atoms. The summed E-state index contributed by atoms with van der Waals surface area (Å²) in [6.07, 6.45) is 3.76. The van der Waals surface area contributed by atoms with Crippen LogP contribution in [0.5, 0.6) is 0 Å². The minimum Gasteiger partial charge on any atom is -0.443 e. The first-order valence-electron chi connectivity index (χ1n) is 11.5. The molecule has 6 nitrogen and oxygen atoms in total. The molecule has 1 aliphatic rings. The zero-order valence-electron chi connectivity index (χ0n) is 19.4. The second-order valence-corrected chi connectivity index (χ2v) is 10.7. The van der Waals surface area contributed by atoms with E-state index in [0.29, 0.717) is 6.04 Å². The largest absolute Gasteiger partial charge is 0.443 e. The molecule has 2 aromatic heterocycles. The maximum absolute atomic E-state index is 12.8. The molecule has 0 radical (unpaired) electrons. The van der Waals surface area contributed by atoms with E-state index in [2.05, 4.69) is 34.5 Å². The van der Waals surface area contributed by atoms with Crippen molar-refractivity contribution in [3.8, 4) is 0 Å². The molecular formula is C26H30N4O2S. The molecule has 0 amide bonds. The second-order valence-electron chi connectivity index (χ2n) is 9.70. The number of likely N-dealkylation sites (tertiary alicyclic amines) is 1. The molecule has 7 heteroatoms. The van der Waals surface area contributed by atoms with E-state index in [1.165, 1.54) is 4.70 Å². The Kier molecular flexibility index (Phi) is 5.85. The molecule has 1 fully saturated rings. The first kappa shape index (κ1) is 21.9. The van der Waals surface area contributed by atoms with Crippen LogP contribution in [0.3, 0.4) is 0 Å². The molecule has 0 spiro atoms. The van der Waals surface area contributed by atoms with Gasteiger partial charge in [-0.15, -0.1) is 0 Å². The third kappa shape index (κ3) is 4.89. The van der Waals surface area contributed by atoms with Crippen molar-refractivity contribution in [3.63, 3.8) is 0 Å².